The molecule has 0 aliphatic rings. The Morgan fingerprint density at radius 2 is 2.06 bits per heavy atom. The molecule has 0 unspecified atom stereocenters. The summed E-state index contributed by atoms with van der Waals surface area (Å²) >= 11 is 6.91. The fourth-order valence-electron chi connectivity index (χ4n) is 1.16. The summed E-state index contributed by atoms with van der Waals surface area (Å²) in [6.45, 7) is 8.68. The summed E-state index contributed by atoms with van der Waals surface area (Å²) in [5.74, 6) is 0. The number of pyridine rings is 1. The molecule has 1 heterocycles. The molecule has 1 atom stereocenters. The summed E-state index contributed by atoms with van der Waals surface area (Å²) in [6, 6.07) is 4.26. The summed E-state index contributed by atoms with van der Waals surface area (Å²) in [5, 5.41) is 8.07. The average Bonchev–Trinajstić information content (AvgIpc) is 2.28. The molecule has 0 saturated heterocycles. The molecule has 1 rings (SSSR count). The molecule has 1 aromatic rings. The van der Waals surface area contributed by atoms with E-state index in [0.717, 1.165) is 10.7 Å². The van der Waals surface area contributed by atoms with E-state index in [4.69, 9.17) is 12.2 Å². The Morgan fingerprint density at radius 1 is 1.39 bits per heavy atom. The maximum atomic E-state index is 5.29. The van der Waals surface area contributed by atoms with Gasteiger partial charge in [0.25, 0.3) is 0 Å². The molecular formula is C13H21N3S2. The van der Waals surface area contributed by atoms with Crippen molar-refractivity contribution in [3.8, 4) is 0 Å². The van der Waals surface area contributed by atoms with E-state index in [1.165, 1.54) is 0 Å². The summed E-state index contributed by atoms with van der Waals surface area (Å²) in [6.07, 6.45) is 3.80. The molecule has 0 aliphatic heterocycles. The number of nitrogens with zero attached hydrogens (tertiary/aromatic N) is 1. The van der Waals surface area contributed by atoms with Gasteiger partial charge in [0, 0.05) is 6.04 Å². The van der Waals surface area contributed by atoms with Crippen LogP contribution in [0.5, 0.6) is 0 Å². The first-order valence-corrected chi connectivity index (χ1v) is 7.54. The number of rotatable bonds is 3. The highest BCUT2D eigenvalue weighted by Crippen LogP contribution is 2.19. The molecule has 0 fully saturated rings. The normalized spacial score (nSPS) is 12.9. The van der Waals surface area contributed by atoms with Gasteiger partial charge in [-0.05, 0) is 42.9 Å². The van der Waals surface area contributed by atoms with Crippen molar-refractivity contribution in [3.63, 3.8) is 0 Å². The molecule has 0 amide bonds. The minimum atomic E-state index is 0.173. The zero-order valence-electron chi connectivity index (χ0n) is 11.6. The van der Waals surface area contributed by atoms with Gasteiger partial charge in [0.05, 0.1) is 16.9 Å². The van der Waals surface area contributed by atoms with Crippen molar-refractivity contribution in [1.82, 2.24) is 10.3 Å². The molecule has 1 aromatic heterocycles. The van der Waals surface area contributed by atoms with Gasteiger partial charge in [0.2, 0.25) is 0 Å². The average molecular weight is 283 g/mol. The molecule has 0 radical (unpaired) electrons. The van der Waals surface area contributed by atoms with E-state index in [2.05, 4.69) is 43.3 Å². The monoisotopic (exact) mass is 283 g/mol. The number of hydrogen-bond acceptors (Lipinski definition) is 3. The largest absolute Gasteiger partial charge is 0.359 e. The number of nitrogens with one attached hydrogen (secondary N) is 2. The van der Waals surface area contributed by atoms with Crippen LogP contribution in [0.2, 0.25) is 0 Å². The number of thiocarbonyl (C=S) groups is 1. The quantitative estimate of drug-likeness (QED) is 0.656. The van der Waals surface area contributed by atoms with Gasteiger partial charge in [-0.15, -0.1) is 11.8 Å². The van der Waals surface area contributed by atoms with Gasteiger partial charge in [-0.2, -0.15) is 0 Å². The molecule has 0 spiro atoms. The fourth-order valence-corrected chi connectivity index (χ4v) is 1.81. The van der Waals surface area contributed by atoms with E-state index < -0.39 is 0 Å². The maximum Gasteiger partial charge on any atom is 0.171 e. The third-order valence-electron chi connectivity index (χ3n) is 2.85. The van der Waals surface area contributed by atoms with Crippen molar-refractivity contribution in [2.24, 2.45) is 5.41 Å². The molecule has 0 bridgehead atoms. The molecule has 0 aromatic carbocycles. The molecule has 0 aliphatic carbocycles. The lowest BCUT2D eigenvalue weighted by molar-refractivity contribution is 0.317. The molecule has 3 nitrogen and oxygen atoms in total. The van der Waals surface area contributed by atoms with Crippen molar-refractivity contribution in [1.29, 1.82) is 0 Å². The molecule has 100 valence electrons. The SMILES string of the molecule is CSc1ccc(NC(=S)N[C@H](C)C(C)(C)C)cn1. The number of anilines is 1. The van der Waals surface area contributed by atoms with Crippen molar-refractivity contribution in [2.75, 3.05) is 11.6 Å². The second kappa shape index (κ2) is 6.38. The molecule has 5 heteroatoms. The van der Waals surface area contributed by atoms with Crippen molar-refractivity contribution < 1.29 is 0 Å². The van der Waals surface area contributed by atoms with E-state index in [-0.39, 0.29) is 5.41 Å². The van der Waals surface area contributed by atoms with E-state index in [0.29, 0.717) is 11.2 Å². The Kier molecular flexibility index (Phi) is 5.41. The van der Waals surface area contributed by atoms with E-state index in [9.17, 15) is 0 Å². The first-order valence-electron chi connectivity index (χ1n) is 5.90. The minimum Gasteiger partial charge on any atom is -0.359 e. The van der Waals surface area contributed by atoms with Gasteiger partial charge in [0.15, 0.2) is 5.11 Å². The van der Waals surface area contributed by atoms with Crippen LogP contribution < -0.4 is 10.6 Å². The van der Waals surface area contributed by atoms with Crippen molar-refractivity contribution >= 4 is 34.8 Å². The third-order valence-corrected chi connectivity index (χ3v) is 3.73. The van der Waals surface area contributed by atoms with E-state index in [1.54, 1.807) is 18.0 Å². The standard InChI is InChI=1S/C13H21N3S2/c1-9(13(2,3)4)15-12(17)16-10-6-7-11(18-5)14-8-10/h6-9H,1-5H3,(H2,15,16,17)/t9-/m1/s1. The summed E-state index contributed by atoms with van der Waals surface area (Å²) in [5.41, 5.74) is 1.08. The smallest absolute Gasteiger partial charge is 0.171 e. The predicted octanol–water partition coefficient (Wildman–Crippen LogP) is 3.52. The van der Waals surface area contributed by atoms with Crippen LogP contribution in [-0.4, -0.2) is 22.4 Å². The van der Waals surface area contributed by atoms with Crippen LogP contribution in [0.1, 0.15) is 27.7 Å². The van der Waals surface area contributed by atoms with Gasteiger partial charge >= 0.3 is 0 Å². The van der Waals surface area contributed by atoms with Crippen molar-refractivity contribution in [2.45, 2.75) is 38.8 Å². The van der Waals surface area contributed by atoms with Gasteiger partial charge < -0.3 is 10.6 Å². The molecule has 18 heavy (non-hydrogen) atoms. The zero-order valence-corrected chi connectivity index (χ0v) is 13.2. The van der Waals surface area contributed by atoms with Gasteiger partial charge in [-0.3, -0.25) is 0 Å². The Labute approximate surface area is 119 Å². The topological polar surface area (TPSA) is 37.0 Å². The fraction of sp³-hybridized carbons (Fsp3) is 0.538. The van der Waals surface area contributed by atoms with Crippen LogP contribution in [0, 0.1) is 5.41 Å². The van der Waals surface area contributed by atoms with Gasteiger partial charge in [-0.1, -0.05) is 20.8 Å². The lowest BCUT2D eigenvalue weighted by Gasteiger charge is -2.29. The van der Waals surface area contributed by atoms with Crippen LogP contribution >= 0.6 is 24.0 Å². The predicted molar refractivity (Wildman–Crippen MR) is 84.3 cm³/mol. The second-order valence-corrected chi connectivity index (χ2v) is 6.51. The van der Waals surface area contributed by atoms with E-state index in [1.807, 2.05) is 18.4 Å². The summed E-state index contributed by atoms with van der Waals surface area (Å²) < 4.78 is 0. The van der Waals surface area contributed by atoms with Gasteiger partial charge in [0.1, 0.15) is 0 Å². The van der Waals surface area contributed by atoms with Crippen LogP contribution in [0.4, 0.5) is 5.69 Å². The summed E-state index contributed by atoms with van der Waals surface area (Å²) in [7, 11) is 0. The van der Waals surface area contributed by atoms with Crippen LogP contribution in [-0.2, 0) is 0 Å². The Bertz CT molecular complexity index is 396. The van der Waals surface area contributed by atoms with Crippen LogP contribution in [0.15, 0.2) is 23.4 Å². The van der Waals surface area contributed by atoms with Gasteiger partial charge in [-0.25, -0.2) is 4.98 Å². The Hall–Kier alpha value is -0.810. The molecule has 2 N–H and O–H groups in total. The number of hydrogen-bond donors (Lipinski definition) is 2. The molecular weight excluding hydrogens is 262 g/mol. The Balaban J connectivity index is 2.54. The highest BCUT2D eigenvalue weighted by molar-refractivity contribution is 7.98. The highest BCUT2D eigenvalue weighted by atomic mass is 32.2. The van der Waals surface area contributed by atoms with E-state index >= 15 is 0 Å². The number of aromatic nitrogens is 1. The first kappa shape index (κ1) is 15.2. The number of thioether (sulfide) groups is 1. The lowest BCUT2D eigenvalue weighted by atomic mass is 9.88. The Morgan fingerprint density at radius 3 is 2.50 bits per heavy atom. The lowest BCUT2D eigenvalue weighted by Crippen LogP contribution is -2.43. The van der Waals surface area contributed by atoms with Crippen LogP contribution in [0.25, 0.3) is 0 Å². The van der Waals surface area contributed by atoms with Crippen molar-refractivity contribution in [3.05, 3.63) is 18.3 Å². The summed E-state index contributed by atoms with van der Waals surface area (Å²) in [4.78, 5) is 4.29. The zero-order chi connectivity index (χ0) is 13.8. The highest BCUT2D eigenvalue weighted by Gasteiger charge is 2.20. The molecule has 0 saturated carbocycles. The minimum absolute atomic E-state index is 0.173. The first-order chi connectivity index (χ1) is 8.32. The van der Waals surface area contributed by atoms with Crippen LogP contribution in [0.3, 0.4) is 0 Å². The maximum absolute atomic E-state index is 5.29. The third kappa shape index (κ3) is 4.82. The second-order valence-electron chi connectivity index (χ2n) is 5.28.